The molecule has 1 saturated heterocycles. The van der Waals surface area contributed by atoms with E-state index in [1.807, 2.05) is 36.0 Å². The highest BCUT2D eigenvalue weighted by Gasteiger charge is 2.40. The number of carbonyl (C=O) groups is 1. The minimum Gasteiger partial charge on any atom is -0.353 e. The third-order valence-electron chi connectivity index (χ3n) is 8.91. The maximum atomic E-state index is 15.8. The van der Waals surface area contributed by atoms with Crippen molar-refractivity contribution >= 4 is 5.91 Å². The Bertz CT molecular complexity index is 1430. The molecule has 3 aliphatic rings. The zero-order valence-corrected chi connectivity index (χ0v) is 23.8. The Morgan fingerprint density at radius 2 is 1.95 bits per heavy atom. The van der Waals surface area contributed by atoms with Crippen molar-refractivity contribution in [2.75, 3.05) is 13.1 Å². The van der Waals surface area contributed by atoms with Crippen LogP contribution in [0.4, 0.5) is 8.78 Å². The largest absolute Gasteiger partial charge is 0.353 e. The number of hydrogen-bond acceptors (Lipinski definition) is 2. The van der Waals surface area contributed by atoms with Gasteiger partial charge in [0.15, 0.2) is 5.82 Å². The van der Waals surface area contributed by atoms with Gasteiger partial charge in [-0.15, -0.1) is 0 Å². The fraction of sp³-hybridized carbons (Fsp3) is 0.412. The molecular weight excluding hydrogens is 504 g/mol. The lowest BCUT2D eigenvalue weighted by atomic mass is 9.67. The van der Waals surface area contributed by atoms with Crippen LogP contribution in [0, 0.1) is 11.6 Å². The van der Waals surface area contributed by atoms with Gasteiger partial charge >= 0.3 is 0 Å². The van der Waals surface area contributed by atoms with Crippen molar-refractivity contribution in [2.24, 2.45) is 7.05 Å². The molecule has 4 nitrogen and oxygen atoms in total. The van der Waals surface area contributed by atoms with E-state index in [1.54, 1.807) is 6.07 Å². The molecule has 6 heteroatoms. The normalized spacial score (nSPS) is 20.3. The van der Waals surface area contributed by atoms with Crippen LogP contribution in [0.3, 0.4) is 0 Å². The Labute approximate surface area is 236 Å². The number of nitrogens with zero attached hydrogens (tertiary/aromatic N) is 2. The van der Waals surface area contributed by atoms with E-state index < -0.39 is 17.0 Å². The van der Waals surface area contributed by atoms with Crippen LogP contribution in [0.5, 0.6) is 0 Å². The molecule has 1 amide bonds. The number of fused-ring (bicyclic) bond motifs is 1. The quantitative estimate of drug-likeness (QED) is 0.387. The highest BCUT2D eigenvalue weighted by molar-refractivity contribution is 5.96. The summed E-state index contributed by atoms with van der Waals surface area (Å²) in [6.45, 7) is 5.48. The molecule has 2 aliphatic heterocycles. The fourth-order valence-corrected chi connectivity index (χ4v) is 6.53. The van der Waals surface area contributed by atoms with Gasteiger partial charge in [0.25, 0.3) is 5.91 Å². The second-order valence-electron chi connectivity index (χ2n) is 11.4. The van der Waals surface area contributed by atoms with Gasteiger partial charge in [-0.05, 0) is 73.8 Å². The second kappa shape index (κ2) is 11.9. The number of carbonyl (C=O) groups excluding carboxylic acids is 1. The van der Waals surface area contributed by atoms with Crippen LogP contribution in [-0.2, 0) is 18.9 Å². The summed E-state index contributed by atoms with van der Waals surface area (Å²) in [4.78, 5) is 15.1. The summed E-state index contributed by atoms with van der Waals surface area (Å²) in [5.74, 6) is -0.472. The minimum absolute atomic E-state index is 0.0310. The topological polar surface area (TPSA) is 37.3 Å². The van der Waals surface area contributed by atoms with Crippen molar-refractivity contribution in [3.63, 3.8) is 0 Å². The van der Waals surface area contributed by atoms with E-state index in [4.69, 9.17) is 0 Å². The molecule has 2 aromatic rings. The van der Waals surface area contributed by atoms with Crippen LogP contribution in [0.1, 0.15) is 85.5 Å². The molecule has 0 saturated carbocycles. The van der Waals surface area contributed by atoms with Crippen molar-refractivity contribution in [3.05, 3.63) is 112 Å². The van der Waals surface area contributed by atoms with E-state index in [-0.39, 0.29) is 11.8 Å². The van der Waals surface area contributed by atoms with Crippen molar-refractivity contribution in [2.45, 2.75) is 70.1 Å². The monoisotopic (exact) mass is 543 g/mol. The predicted octanol–water partition coefficient (Wildman–Crippen LogP) is 7.36. The number of hydrogen-bond donors (Lipinski definition) is 1. The average Bonchev–Trinajstić information content (AvgIpc) is 3.27. The van der Waals surface area contributed by atoms with Crippen LogP contribution >= 0.6 is 0 Å². The number of aromatic nitrogens is 1. The summed E-state index contributed by atoms with van der Waals surface area (Å²) in [5, 5.41) is 3.05. The van der Waals surface area contributed by atoms with Crippen molar-refractivity contribution < 1.29 is 13.6 Å². The summed E-state index contributed by atoms with van der Waals surface area (Å²) in [6.07, 6.45) is 20.0. The maximum Gasteiger partial charge on any atom is 0.259 e. The van der Waals surface area contributed by atoms with Crippen LogP contribution in [0.15, 0.2) is 78.0 Å². The Hall–Kier alpha value is -3.63. The van der Waals surface area contributed by atoms with Gasteiger partial charge in [-0.2, -0.15) is 0 Å². The number of allylic oxidation sites excluding steroid dienone is 7. The summed E-state index contributed by atoms with van der Waals surface area (Å²) in [7, 11) is 1.94. The number of aryl methyl sites for hydroxylation is 1. The molecule has 3 heterocycles. The van der Waals surface area contributed by atoms with E-state index in [0.29, 0.717) is 49.3 Å². The van der Waals surface area contributed by atoms with Crippen LogP contribution in [-0.4, -0.2) is 28.5 Å². The zero-order valence-electron chi connectivity index (χ0n) is 23.8. The number of nitrogens with one attached hydrogen (secondary N) is 1. The predicted molar refractivity (Wildman–Crippen MR) is 156 cm³/mol. The molecule has 40 heavy (non-hydrogen) atoms. The molecule has 1 aromatic carbocycles. The molecular formula is C34H39F2N3O. The van der Waals surface area contributed by atoms with Crippen molar-refractivity contribution in [3.8, 4) is 0 Å². The summed E-state index contributed by atoms with van der Waals surface area (Å²) >= 11 is 0. The first kappa shape index (κ1) is 27.9. The van der Waals surface area contributed by atoms with Crippen LogP contribution in [0.2, 0.25) is 0 Å². The molecule has 0 spiro atoms. The smallest absolute Gasteiger partial charge is 0.259 e. The van der Waals surface area contributed by atoms with Gasteiger partial charge in [0.2, 0.25) is 0 Å². The Balaban J connectivity index is 1.39. The van der Waals surface area contributed by atoms with E-state index in [9.17, 15) is 9.18 Å². The second-order valence-corrected chi connectivity index (χ2v) is 11.4. The molecule has 210 valence electrons. The van der Waals surface area contributed by atoms with Gasteiger partial charge in [0.1, 0.15) is 11.6 Å². The number of halogens is 2. The molecule has 1 fully saturated rings. The summed E-state index contributed by atoms with van der Waals surface area (Å²) in [6, 6.07) is 4.45. The lowest BCUT2D eigenvalue weighted by Crippen LogP contribution is -2.46. The van der Waals surface area contributed by atoms with Gasteiger partial charge in [-0.3, -0.25) is 4.79 Å². The molecule has 1 aromatic heterocycles. The van der Waals surface area contributed by atoms with Gasteiger partial charge in [0.05, 0.1) is 5.56 Å². The first-order chi connectivity index (χ1) is 19.3. The lowest BCUT2D eigenvalue weighted by molar-refractivity contribution is 0.0938. The Morgan fingerprint density at radius 1 is 1.15 bits per heavy atom. The minimum atomic E-state index is -0.523. The molecule has 5 rings (SSSR count). The third kappa shape index (κ3) is 5.64. The highest BCUT2D eigenvalue weighted by atomic mass is 19.1. The van der Waals surface area contributed by atoms with E-state index in [0.717, 1.165) is 43.0 Å². The average molecular weight is 544 g/mol. The molecule has 1 atom stereocenters. The molecule has 0 bridgehead atoms. The van der Waals surface area contributed by atoms with E-state index in [2.05, 4.69) is 54.1 Å². The molecule has 0 radical (unpaired) electrons. The number of rotatable bonds is 6. The number of likely N-dealkylation sites (tertiary alicyclic amines) is 1. The highest BCUT2D eigenvalue weighted by Crippen LogP contribution is 2.45. The number of piperidine rings is 1. The summed E-state index contributed by atoms with van der Waals surface area (Å²) < 4.78 is 32.4. The van der Waals surface area contributed by atoms with Gasteiger partial charge < -0.3 is 14.8 Å². The lowest BCUT2D eigenvalue weighted by Gasteiger charge is -2.44. The van der Waals surface area contributed by atoms with E-state index in [1.165, 1.54) is 5.57 Å². The van der Waals surface area contributed by atoms with Gasteiger partial charge in [-0.1, -0.05) is 55.5 Å². The number of benzene rings is 1. The zero-order chi connectivity index (χ0) is 28.3. The van der Waals surface area contributed by atoms with Crippen LogP contribution in [0.25, 0.3) is 0 Å². The first-order valence-electron chi connectivity index (χ1n) is 14.5. The van der Waals surface area contributed by atoms with Gasteiger partial charge in [0, 0.05) is 49.9 Å². The first-order valence-corrected chi connectivity index (χ1v) is 14.5. The molecule has 1 N–H and O–H groups in total. The van der Waals surface area contributed by atoms with Gasteiger partial charge in [-0.25, -0.2) is 8.78 Å². The Morgan fingerprint density at radius 3 is 2.73 bits per heavy atom. The fourth-order valence-electron chi connectivity index (χ4n) is 6.53. The van der Waals surface area contributed by atoms with E-state index >= 15 is 4.39 Å². The summed E-state index contributed by atoms with van der Waals surface area (Å²) in [5.41, 5.74) is 7.17. The SMILES string of the molecule is CCC1(c2c(F)cc(F)cc2C(C)CC2=CCC/C=C/C=C2)CCN(C2=C=CCc3c(ccn3C)C(=O)N2)CC1. The van der Waals surface area contributed by atoms with Crippen molar-refractivity contribution in [1.82, 2.24) is 14.8 Å². The standard InChI is InChI=1S/C34H39F2N3O/c1-4-34(16-19-39(20-17-34)31-14-10-13-30-27(33(40)37-31)15-18-38(30)3)32-28(22-26(35)23-29(32)36)24(2)21-25-11-8-6-5-7-9-12-25/h5-6,8,10-12,15,18,22-24H,4,7,9,13,16-17,19-21H2,1-3H3,(H,37,40)/b6-5+,11-8?,25-12?. The molecule has 1 unspecified atom stereocenters. The van der Waals surface area contributed by atoms with Crippen LogP contribution < -0.4 is 5.32 Å². The van der Waals surface area contributed by atoms with Crippen molar-refractivity contribution in [1.29, 1.82) is 0 Å². The number of amides is 1. The Kier molecular flexibility index (Phi) is 8.27. The third-order valence-corrected chi connectivity index (χ3v) is 8.91. The maximum absolute atomic E-state index is 15.8. The molecule has 1 aliphatic carbocycles.